The minimum atomic E-state index is 0.925. The highest BCUT2D eigenvalue weighted by Gasteiger charge is 1.88. The normalized spacial score (nSPS) is 11.2. The van der Waals surface area contributed by atoms with Crippen LogP contribution in [-0.2, 0) is 4.74 Å². The molecule has 0 amide bonds. The summed E-state index contributed by atoms with van der Waals surface area (Å²) in [6, 6.07) is 0. The third kappa shape index (κ3) is 9.70. The monoisotopic (exact) mass is 170 g/mol. The van der Waals surface area contributed by atoms with Crippen LogP contribution in [0, 0.1) is 0 Å². The molecule has 0 aromatic carbocycles. The van der Waals surface area contributed by atoms with Crippen molar-refractivity contribution in [3.8, 4) is 0 Å². The van der Waals surface area contributed by atoms with E-state index in [4.69, 9.17) is 4.74 Å². The smallest absolute Gasteiger partial charge is 0.0462 e. The number of methoxy groups -OCH3 is 1. The van der Waals surface area contributed by atoms with Crippen molar-refractivity contribution in [1.82, 2.24) is 0 Å². The van der Waals surface area contributed by atoms with E-state index in [1.807, 2.05) is 0 Å². The van der Waals surface area contributed by atoms with Gasteiger partial charge in [-0.05, 0) is 26.2 Å². The molecule has 0 unspecified atom stereocenters. The van der Waals surface area contributed by atoms with Crippen molar-refractivity contribution in [2.45, 2.75) is 45.4 Å². The zero-order valence-electron chi connectivity index (χ0n) is 8.51. The third-order valence-corrected chi connectivity index (χ3v) is 1.95. The van der Waals surface area contributed by atoms with Crippen LogP contribution in [0.4, 0.5) is 0 Å². The summed E-state index contributed by atoms with van der Waals surface area (Å²) in [4.78, 5) is 0. The van der Waals surface area contributed by atoms with Gasteiger partial charge in [0.25, 0.3) is 0 Å². The molecule has 0 N–H and O–H groups in total. The lowest BCUT2D eigenvalue weighted by molar-refractivity contribution is 0.192. The third-order valence-electron chi connectivity index (χ3n) is 1.95. The van der Waals surface area contributed by atoms with Crippen LogP contribution in [0.5, 0.6) is 0 Å². The van der Waals surface area contributed by atoms with Gasteiger partial charge in [0.1, 0.15) is 0 Å². The summed E-state index contributed by atoms with van der Waals surface area (Å²) in [5, 5.41) is 0. The molecule has 0 saturated heterocycles. The maximum absolute atomic E-state index is 4.98. The van der Waals surface area contributed by atoms with E-state index < -0.39 is 0 Å². The van der Waals surface area contributed by atoms with Crippen molar-refractivity contribution in [2.75, 3.05) is 13.7 Å². The molecule has 1 nitrogen and oxygen atoms in total. The molecule has 0 spiro atoms. The standard InChI is InChI=1S/C11H22O/c1-3-4-5-6-7-8-9-10-11-12-2/h3-4H,5-11H2,1-2H3/b4-3+. The Balaban J connectivity index is 2.81. The lowest BCUT2D eigenvalue weighted by Crippen LogP contribution is -1.87. The van der Waals surface area contributed by atoms with Crippen molar-refractivity contribution in [2.24, 2.45) is 0 Å². The first-order chi connectivity index (χ1) is 5.91. The number of rotatable bonds is 8. The van der Waals surface area contributed by atoms with Crippen molar-refractivity contribution in [3.05, 3.63) is 12.2 Å². The predicted octanol–water partition coefficient (Wildman–Crippen LogP) is 3.55. The second-order valence-electron chi connectivity index (χ2n) is 3.12. The maximum Gasteiger partial charge on any atom is 0.0462 e. The number of hydrogen-bond donors (Lipinski definition) is 0. The summed E-state index contributed by atoms with van der Waals surface area (Å²) in [6.07, 6.45) is 12.2. The van der Waals surface area contributed by atoms with E-state index in [-0.39, 0.29) is 0 Å². The van der Waals surface area contributed by atoms with E-state index in [0.717, 1.165) is 6.61 Å². The zero-order chi connectivity index (χ0) is 9.07. The summed E-state index contributed by atoms with van der Waals surface area (Å²) in [7, 11) is 1.77. The largest absolute Gasteiger partial charge is 0.385 e. The summed E-state index contributed by atoms with van der Waals surface area (Å²) >= 11 is 0. The number of hydrogen-bond acceptors (Lipinski definition) is 1. The molecule has 0 rings (SSSR count). The summed E-state index contributed by atoms with van der Waals surface area (Å²) in [6.45, 7) is 3.01. The van der Waals surface area contributed by atoms with Gasteiger partial charge < -0.3 is 4.74 Å². The van der Waals surface area contributed by atoms with E-state index in [2.05, 4.69) is 19.1 Å². The topological polar surface area (TPSA) is 9.23 Å². The Morgan fingerprint density at radius 3 is 2.33 bits per heavy atom. The highest BCUT2D eigenvalue weighted by atomic mass is 16.5. The van der Waals surface area contributed by atoms with Crippen LogP contribution in [0.25, 0.3) is 0 Å². The molecule has 0 aromatic rings. The molecule has 1 heteroatoms. The minimum Gasteiger partial charge on any atom is -0.385 e. The molecule has 0 saturated carbocycles. The number of unbranched alkanes of at least 4 members (excludes halogenated alkanes) is 5. The fraction of sp³-hybridized carbons (Fsp3) is 0.818. The second kappa shape index (κ2) is 10.7. The maximum atomic E-state index is 4.98. The van der Waals surface area contributed by atoms with E-state index in [0.29, 0.717) is 0 Å². The highest BCUT2D eigenvalue weighted by Crippen LogP contribution is 2.05. The van der Waals surface area contributed by atoms with Crippen LogP contribution < -0.4 is 0 Å². The minimum absolute atomic E-state index is 0.925. The molecule has 0 heterocycles. The fourth-order valence-corrected chi connectivity index (χ4v) is 1.21. The van der Waals surface area contributed by atoms with Crippen LogP contribution >= 0.6 is 0 Å². The van der Waals surface area contributed by atoms with Gasteiger partial charge >= 0.3 is 0 Å². The molecule has 0 aliphatic carbocycles. The first kappa shape index (κ1) is 11.7. The lowest BCUT2D eigenvalue weighted by atomic mass is 10.1. The highest BCUT2D eigenvalue weighted by molar-refractivity contribution is 4.76. The van der Waals surface area contributed by atoms with E-state index in [9.17, 15) is 0 Å². The molecule has 0 radical (unpaired) electrons. The molecule has 0 fully saturated rings. The van der Waals surface area contributed by atoms with Gasteiger partial charge in [0, 0.05) is 13.7 Å². The second-order valence-corrected chi connectivity index (χ2v) is 3.12. The van der Waals surface area contributed by atoms with Gasteiger partial charge in [-0.25, -0.2) is 0 Å². The first-order valence-corrected chi connectivity index (χ1v) is 5.02. The summed E-state index contributed by atoms with van der Waals surface area (Å²) in [5.74, 6) is 0. The van der Waals surface area contributed by atoms with Crippen molar-refractivity contribution < 1.29 is 4.74 Å². The first-order valence-electron chi connectivity index (χ1n) is 5.02. The van der Waals surface area contributed by atoms with Gasteiger partial charge in [0.05, 0.1) is 0 Å². The van der Waals surface area contributed by atoms with Gasteiger partial charge in [-0.3, -0.25) is 0 Å². The van der Waals surface area contributed by atoms with E-state index in [1.54, 1.807) is 7.11 Å². The van der Waals surface area contributed by atoms with Crippen LogP contribution in [0.2, 0.25) is 0 Å². The van der Waals surface area contributed by atoms with E-state index >= 15 is 0 Å². The molecule has 0 aliphatic rings. The van der Waals surface area contributed by atoms with Crippen molar-refractivity contribution in [1.29, 1.82) is 0 Å². The van der Waals surface area contributed by atoms with E-state index in [1.165, 1.54) is 38.5 Å². The fourth-order valence-electron chi connectivity index (χ4n) is 1.21. The van der Waals surface area contributed by atoms with Gasteiger partial charge in [-0.15, -0.1) is 0 Å². The zero-order valence-corrected chi connectivity index (χ0v) is 8.51. The molecule has 0 aromatic heterocycles. The molecular weight excluding hydrogens is 148 g/mol. The quantitative estimate of drug-likeness (QED) is 0.400. The Kier molecular flexibility index (Phi) is 10.4. The van der Waals surface area contributed by atoms with Gasteiger partial charge in [0.15, 0.2) is 0 Å². The van der Waals surface area contributed by atoms with Crippen LogP contribution in [0.1, 0.15) is 45.4 Å². The van der Waals surface area contributed by atoms with Gasteiger partial charge in [0.2, 0.25) is 0 Å². The number of allylic oxidation sites excluding steroid dienone is 2. The Hall–Kier alpha value is -0.300. The number of ether oxygens (including phenoxy) is 1. The van der Waals surface area contributed by atoms with Crippen molar-refractivity contribution in [3.63, 3.8) is 0 Å². The van der Waals surface area contributed by atoms with Gasteiger partial charge in [-0.1, -0.05) is 31.4 Å². The van der Waals surface area contributed by atoms with Crippen LogP contribution in [0.15, 0.2) is 12.2 Å². The lowest BCUT2D eigenvalue weighted by Gasteiger charge is -1.98. The van der Waals surface area contributed by atoms with Gasteiger partial charge in [-0.2, -0.15) is 0 Å². The summed E-state index contributed by atoms with van der Waals surface area (Å²) in [5.41, 5.74) is 0. The molecule has 0 atom stereocenters. The Labute approximate surface area is 76.8 Å². The Bertz CT molecular complexity index is 97.2. The Morgan fingerprint density at radius 1 is 1.00 bits per heavy atom. The molecule has 0 aliphatic heterocycles. The molecule has 72 valence electrons. The molecular formula is C11H22O. The van der Waals surface area contributed by atoms with Crippen LogP contribution in [0.3, 0.4) is 0 Å². The predicted molar refractivity (Wildman–Crippen MR) is 54.4 cm³/mol. The van der Waals surface area contributed by atoms with Crippen LogP contribution in [-0.4, -0.2) is 13.7 Å². The average Bonchev–Trinajstić information content (AvgIpc) is 2.10. The average molecular weight is 170 g/mol. The molecule has 12 heavy (non-hydrogen) atoms. The summed E-state index contributed by atoms with van der Waals surface area (Å²) < 4.78 is 4.98. The Morgan fingerprint density at radius 2 is 1.67 bits per heavy atom. The molecule has 0 bridgehead atoms. The SMILES string of the molecule is C/C=C/CCCCCCCOC. The van der Waals surface area contributed by atoms with Crippen molar-refractivity contribution >= 4 is 0 Å².